The van der Waals surface area contributed by atoms with E-state index in [4.69, 9.17) is 0 Å². The first-order valence-corrected chi connectivity index (χ1v) is 9.02. The van der Waals surface area contributed by atoms with Crippen molar-refractivity contribution in [2.45, 2.75) is 31.4 Å². The fourth-order valence-corrected chi connectivity index (χ4v) is 3.99. The van der Waals surface area contributed by atoms with E-state index in [0.717, 1.165) is 30.9 Å². The first-order chi connectivity index (χ1) is 9.95. The van der Waals surface area contributed by atoms with E-state index in [1.807, 2.05) is 13.0 Å². The zero-order chi connectivity index (χ0) is 15.0. The van der Waals surface area contributed by atoms with Crippen LogP contribution >= 0.6 is 0 Å². The Hall–Kier alpha value is -1.70. The third-order valence-corrected chi connectivity index (χ3v) is 5.65. The third-order valence-electron chi connectivity index (χ3n) is 3.97. The number of fused-ring (bicyclic) bond motifs is 1. The molecule has 2 aromatic heterocycles. The molecule has 0 bridgehead atoms. The molecule has 1 saturated heterocycles. The molecule has 114 valence electrons. The molecule has 3 rings (SSSR count). The van der Waals surface area contributed by atoms with Gasteiger partial charge in [0.15, 0.2) is 0 Å². The van der Waals surface area contributed by atoms with Crippen molar-refractivity contribution in [1.82, 2.24) is 19.6 Å². The van der Waals surface area contributed by atoms with E-state index in [-0.39, 0.29) is 5.25 Å². The number of anilines is 1. The van der Waals surface area contributed by atoms with E-state index < -0.39 is 9.84 Å². The summed E-state index contributed by atoms with van der Waals surface area (Å²) in [7, 11) is -2.97. The molecule has 0 radical (unpaired) electrons. The number of rotatable bonds is 2. The van der Waals surface area contributed by atoms with Gasteiger partial charge >= 0.3 is 0 Å². The number of aromatic nitrogens is 4. The van der Waals surface area contributed by atoms with Crippen LogP contribution in [0.4, 0.5) is 5.82 Å². The minimum Gasteiger partial charge on any atom is -0.356 e. The number of aryl methyl sites for hydroxylation is 1. The summed E-state index contributed by atoms with van der Waals surface area (Å²) in [6.07, 6.45) is 5.05. The van der Waals surface area contributed by atoms with Gasteiger partial charge in [0.05, 0.1) is 5.25 Å². The third kappa shape index (κ3) is 2.85. The zero-order valence-corrected chi connectivity index (χ0v) is 13.0. The minimum absolute atomic E-state index is 0.239. The van der Waals surface area contributed by atoms with Crippen molar-refractivity contribution in [3.8, 4) is 0 Å². The Morgan fingerprint density at radius 3 is 2.86 bits per heavy atom. The Morgan fingerprint density at radius 1 is 1.29 bits per heavy atom. The lowest BCUT2D eigenvalue weighted by Crippen LogP contribution is -2.28. The van der Waals surface area contributed by atoms with Crippen LogP contribution in [0.25, 0.3) is 5.78 Å². The van der Waals surface area contributed by atoms with E-state index in [9.17, 15) is 8.42 Å². The highest BCUT2D eigenvalue weighted by molar-refractivity contribution is 7.91. The van der Waals surface area contributed by atoms with E-state index in [1.165, 1.54) is 12.6 Å². The standard InChI is InChI=1S/C13H19N5O2S/c1-10-8-12(18-13(16-10)14-9-15-18)17-6-3-4-11(5-7-17)21(2,19)20/h8-9,11H,3-7H2,1-2H3. The lowest BCUT2D eigenvalue weighted by Gasteiger charge is -2.23. The van der Waals surface area contributed by atoms with Crippen LogP contribution in [0.1, 0.15) is 25.0 Å². The maximum absolute atomic E-state index is 11.8. The molecule has 0 N–H and O–H groups in total. The minimum atomic E-state index is -2.97. The highest BCUT2D eigenvalue weighted by Crippen LogP contribution is 2.23. The second-order valence-electron chi connectivity index (χ2n) is 5.60. The molecule has 0 spiro atoms. The SMILES string of the molecule is Cc1cc(N2CCCC(S(C)(=O)=O)CC2)n2ncnc2n1. The highest BCUT2D eigenvalue weighted by atomic mass is 32.2. The van der Waals surface area contributed by atoms with Gasteiger partial charge in [0.1, 0.15) is 22.0 Å². The maximum Gasteiger partial charge on any atom is 0.254 e. The number of nitrogens with zero attached hydrogens (tertiary/aromatic N) is 5. The fourth-order valence-electron chi connectivity index (χ4n) is 2.86. The Bertz CT molecular complexity index is 755. The Morgan fingerprint density at radius 2 is 2.10 bits per heavy atom. The molecule has 0 saturated carbocycles. The lowest BCUT2D eigenvalue weighted by atomic mass is 10.2. The van der Waals surface area contributed by atoms with Crippen molar-refractivity contribution in [1.29, 1.82) is 0 Å². The van der Waals surface area contributed by atoms with Crippen molar-refractivity contribution in [2.75, 3.05) is 24.2 Å². The molecule has 8 heteroatoms. The van der Waals surface area contributed by atoms with Gasteiger partial charge in [0, 0.05) is 31.1 Å². The molecule has 1 fully saturated rings. The Labute approximate surface area is 123 Å². The van der Waals surface area contributed by atoms with Crippen LogP contribution in [-0.4, -0.2) is 52.6 Å². The molecule has 1 aliphatic rings. The average molecular weight is 309 g/mol. The largest absolute Gasteiger partial charge is 0.356 e. The van der Waals surface area contributed by atoms with Gasteiger partial charge in [-0.25, -0.2) is 13.4 Å². The first-order valence-electron chi connectivity index (χ1n) is 7.06. The maximum atomic E-state index is 11.8. The number of sulfone groups is 1. The van der Waals surface area contributed by atoms with Gasteiger partial charge in [-0.15, -0.1) is 0 Å². The second-order valence-corrected chi connectivity index (χ2v) is 7.92. The molecule has 0 aromatic carbocycles. The number of hydrogen-bond donors (Lipinski definition) is 0. The molecule has 7 nitrogen and oxygen atoms in total. The van der Waals surface area contributed by atoms with Crippen molar-refractivity contribution in [2.24, 2.45) is 0 Å². The van der Waals surface area contributed by atoms with Crippen molar-refractivity contribution >= 4 is 21.4 Å². The van der Waals surface area contributed by atoms with Gasteiger partial charge in [-0.05, 0) is 26.2 Å². The molecule has 1 atom stereocenters. The summed E-state index contributed by atoms with van der Waals surface area (Å²) in [5, 5.41) is 3.98. The molecule has 3 heterocycles. The molecular formula is C13H19N5O2S. The summed E-state index contributed by atoms with van der Waals surface area (Å²) in [5.74, 6) is 1.51. The van der Waals surface area contributed by atoms with E-state index in [0.29, 0.717) is 18.7 Å². The summed E-state index contributed by atoms with van der Waals surface area (Å²) in [6.45, 7) is 3.45. The Kier molecular flexibility index (Phi) is 3.56. The molecule has 0 amide bonds. The van der Waals surface area contributed by atoms with Gasteiger partial charge in [0.2, 0.25) is 0 Å². The van der Waals surface area contributed by atoms with Crippen LogP contribution in [-0.2, 0) is 9.84 Å². The molecule has 2 aromatic rings. The monoisotopic (exact) mass is 309 g/mol. The van der Waals surface area contributed by atoms with E-state index >= 15 is 0 Å². The van der Waals surface area contributed by atoms with Crippen molar-refractivity contribution in [3.63, 3.8) is 0 Å². The van der Waals surface area contributed by atoms with Crippen molar-refractivity contribution in [3.05, 3.63) is 18.1 Å². The fraction of sp³-hybridized carbons (Fsp3) is 0.615. The molecule has 1 unspecified atom stereocenters. The van der Waals surface area contributed by atoms with Gasteiger partial charge in [-0.2, -0.15) is 14.6 Å². The topological polar surface area (TPSA) is 80.5 Å². The Balaban J connectivity index is 1.91. The first kappa shape index (κ1) is 14.2. The van der Waals surface area contributed by atoms with E-state index in [1.54, 1.807) is 4.52 Å². The number of hydrogen-bond acceptors (Lipinski definition) is 6. The van der Waals surface area contributed by atoms with Crippen LogP contribution in [0, 0.1) is 6.92 Å². The molecular weight excluding hydrogens is 290 g/mol. The smallest absolute Gasteiger partial charge is 0.254 e. The predicted octanol–water partition coefficient (Wildman–Crippen LogP) is 0.836. The van der Waals surface area contributed by atoms with Crippen LogP contribution in [0.5, 0.6) is 0 Å². The second kappa shape index (κ2) is 5.25. The van der Waals surface area contributed by atoms with E-state index in [2.05, 4.69) is 20.0 Å². The quantitative estimate of drug-likeness (QED) is 0.817. The molecule has 21 heavy (non-hydrogen) atoms. The van der Waals surface area contributed by atoms with Crippen molar-refractivity contribution < 1.29 is 8.42 Å². The van der Waals surface area contributed by atoms with Gasteiger partial charge in [-0.3, -0.25) is 0 Å². The van der Waals surface area contributed by atoms with Crippen LogP contribution in [0.2, 0.25) is 0 Å². The average Bonchev–Trinajstić information content (AvgIpc) is 2.71. The van der Waals surface area contributed by atoms with Gasteiger partial charge < -0.3 is 4.90 Å². The normalized spacial score (nSPS) is 20.7. The zero-order valence-electron chi connectivity index (χ0n) is 12.2. The summed E-state index contributed by atoms with van der Waals surface area (Å²) < 4.78 is 25.2. The van der Waals surface area contributed by atoms with Crippen LogP contribution < -0.4 is 4.90 Å². The van der Waals surface area contributed by atoms with Crippen LogP contribution in [0.3, 0.4) is 0 Å². The molecule has 1 aliphatic heterocycles. The summed E-state index contributed by atoms with van der Waals surface area (Å²) in [4.78, 5) is 10.6. The lowest BCUT2D eigenvalue weighted by molar-refractivity contribution is 0.573. The van der Waals surface area contributed by atoms with Crippen LogP contribution in [0.15, 0.2) is 12.4 Å². The van der Waals surface area contributed by atoms with Gasteiger partial charge in [-0.1, -0.05) is 0 Å². The summed E-state index contributed by atoms with van der Waals surface area (Å²) >= 11 is 0. The summed E-state index contributed by atoms with van der Waals surface area (Å²) in [5.41, 5.74) is 0.884. The summed E-state index contributed by atoms with van der Waals surface area (Å²) in [6, 6.07) is 1.97. The molecule has 0 aliphatic carbocycles. The van der Waals surface area contributed by atoms with Gasteiger partial charge in [0.25, 0.3) is 5.78 Å². The highest BCUT2D eigenvalue weighted by Gasteiger charge is 2.25. The predicted molar refractivity (Wildman–Crippen MR) is 80.2 cm³/mol.